The predicted molar refractivity (Wildman–Crippen MR) is 66.3 cm³/mol. The first kappa shape index (κ1) is 13.9. The van der Waals surface area contributed by atoms with Gasteiger partial charge in [-0.25, -0.2) is 8.78 Å². The van der Waals surface area contributed by atoms with E-state index in [1.807, 2.05) is 0 Å². The number of esters is 1. The summed E-state index contributed by atoms with van der Waals surface area (Å²) in [4.78, 5) is 23.0. The molecule has 0 aromatic heterocycles. The van der Waals surface area contributed by atoms with E-state index >= 15 is 0 Å². The van der Waals surface area contributed by atoms with Crippen molar-refractivity contribution in [3.63, 3.8) is 0 Å². The maximum Gasteiger partial charge on any atom is 0.309 e. The van der Waals surface area contributed by atoms with Crippen LogP contribution < -0.4 is 5.32 Å². The number of anilines is 1. The summed E-state index contributed by atoms with van der Waals surface area (Å²) in [6.07, 6.45) is 0.403. The van der Waals surface area contributed by atoms with Crippen LogP contribution in [0.1, 0.15) is 6.42 Å². The Balaban J connectivity index is 2.05. The number of benzene rings is 1. The lowest BCUT2D eigenvalue weighted by Crippen LogP contribution is -2.18. The molecule has 0 bridgehead atoms. The van der Waals surface area contributed by atoms with Gasteiger partial charge >= 0.3 is 5.97 Å². The molecule has 0 heterocycles. The van der Waals surface area contributed by atoms with E-state index in [4.69, 9.17) is 0 Å². The number of rotatable bonds is 3. The molecule has 1 aromatic rings. The van der Waals surface area contributed by atoms with Crippen LogP contribution in [0, 0.1) is 23.5 Å². The summed E-state index contributed by atoms with van der Waals surface area (Å²) in [5.74, 6) is -3.85. The van der Waals surface area contributed by atoms with Crippen LogP contribution in [0.5, 0.6) is 0 Å². The van der Waals surface area contributed by atoms with Crippen molar-refractivity contribution in [3.05, 3.63) is 28.2 Å². The van der Waals surface area contributed by atoms with Crippen molar-refractivity contribution in [2.75, 3.05) is 12.4 Å². The van der Waals surface area contributed by atoms with Gasteiger partial charge in [-0.05, 0) is 28.4 Å². The van der Waals surface area contributed by atoms with E-state index in [0.29, 0.717) is 6.42 Å². The molecular formula is C12H10BrF2NO3. The lowest BCUT2D eigenvalue weighted by atomic mass is 10.2. The summed E-state index contributed by atoms with van der Waals surface area (Å²) in [6, 6.07) is 1.81. The van der Waals surface area contributed by atoms with Crippen molar-refractivity contribution >= 4 is 33.5 Å². The van der Waals surface area contributed by atoms with Crippen LogP contribution in [0.15, 0.2) is 16.6 Å². The Morgan fingerprint density at radius 1 is 1.32 bits per heavy atom. The summed E-state index contributed by atoms with van der Waals surface area (Å²) in [5, 5.41) is 2.45. The summed E-state index contributed by atoms with van der Waals surface area (Å²) in [7, 11) is 1.25. The van der Waals surface area contributed by atoms with Crippen LogP contribution in [0.2, 0.25) is 0 Å². The molecule has 0 unspecified atom stereocenters. The van der Waals surface area contributed by atoms with Gasteiger partial charge in [0.2, 0.25) is 5.91 Å². The summed E-state index contributed by atoms with van der Waals surface area (Å²) >= 11 is 3.02. The number of nitrogens with one attached hydrogen (secondary N) is 1. The number of halogens is 3. The van der Waals surface area contributed by atoms with Gasteiger partial charge in [0.25, 0.3) is 0 Å². The van der Waals surface area contributed by atoms with Crippen LogP contribution in [0.4, 0.5) is 14.5 Å². The van der Waals surface area contributed by atoms with Gasteiger partial charge in [-0.15, -0.1) is 0 Å². The van der Waals surface area contributed by atoms with E-state index in [1.165, 1.54) is 7.11 Å². The lowest BCUT2D eigenvalue weighted by molar-refractivity contribution is -0.143. The first-order valence-electron chi connectivity index (χ1n) is 5.47. The van der Waals surface area contributed by atoms with Crippen molar-refractivity contribution < 1.29 is 23.1 Å². The molecule has 2 rings (SSSR count). The molecule has 1 aromatic carbocycles. The summed E-state index contributed by atoms with van der Waals surface area (Å²) in [5.41, 5.74) is 0.124. The molecule has 1 aliphatic rings. The first-order chi connectivity index (χ1) is 8.93. The largest absolute Gasteiger partial charge is 0.469 e. The highest BCUT2D eigenvalue weighted by Gasteiger charge is 2.49. The fraction of sp³-hybridized carbons (Fsp3) is 0.333. The number of ether oxygens (including phenoxy) is 1. The molecule has 4 nitrogen and oxygen atoms in total. The molecule has 1 amide bonds. The SMILES string of the molecule is COC(=O)[C@H]1C[C@@H]1C(=O)Nc1cc(F)c(F)cc1Br. The van der Waals surface area contributed by atoms with Crippen molar-refractivity contribution in [1.29, 1.82) is 0 Å². The Hall–Kier alpha value is -1.50. The fourth-order valence-electron chi connectivity index (χ4n) is 1.74. The molecule has 1 fully saturated rings. The van der Waals surface area contributed by atoms with E-state index in [2.05, 4.69) is 26.0 Å². The number of amides is 1. The van der Waals surface area contributed by atoms with E-state index in [0.717, 1.165) is 12.1 Å². The van der Waals surface area contributed by atoms with Gasteiger partial charge in [0, 0.05) is 10.5 Å². The molecule has 102 valence electrons. The fourth-order valence-corrected chi connectivity index (χ4v) is 2.15. The van der Waals surface area contributed by atoms with Crippen LogP contribution >= 0.6 is 15.9 Å². The quantitative estimate of drug-likeness (QED) is 0.683. The molecule has 0 aliphatic heterocycles. The normalized spacial score (nSPS) is 20.8. The van der Waals surface area contributed by atoms with Gasteiger partial charge in [-0.1, -0.05) is 0 Å². The van der Waals surface area contributed by atoms with Crippen LogP contribution in [0.3, 0.4) is 0 Å². The van der Waals surface area contributed by atoms with Crippen molar-refractivity contribution in [1.82, 2.24) is 0 Å². The zero-order valence-electron chi connectivity index (χ0n) is 9.88. The van der Waals surface area contributed by atoms with Gasteiger partial charge in [0.15, 0.2) is 11.6 Å². The zero-order chi connectivity index (χ0) is 14.2. The van der Waals surface area contributed by atoms with E-state index in [1.54, 1.807) is 0 Å². The van der Waals surface area contributed by atoms with E-state index in [-0.39, 0.29) is 10.2 Å². The second-order valence-electron chi connectivity index (χ2n) is 4.21. The molecule has 2 atom stereocenters. The number of carbonyl (C=O) groups is 2. The standard InChI is InChI=1S/C12H10BrF2NO3/c1-19-12(18)6-2-5(6)11(17)16-10-4-9(15)8(14)3-7(10)13/h3-6H,2H2,1H3,(H,16,17)/t5-,6-/m0/s1. The van der Waals surface area contributed by atoms with Crippen LogP contribution in [0.25, 0.3) is 0 Å². The highest BCUT2D eigenvalue weighted by molar-refractivity contribution is 9.10. The van der Waals surface area contributed by atoms with Gasteiger partial charge in [0.05, 0.1) is 24.6 Å². The zero-order valence-corrected chi connectivity index (χ0v) is 11.5. The maximum absolute atomic E-state index is 13.1. The van der Waals surface area contributed by atoms with Crippen molar-refractivity contribution in [3.8, 4) is 0 Å². The topological polar surface area (TPSA) is 55.4 Å². The molecule has 1 aliphatic carbocycles. The monoisotopic (exact) mass is 333 g/mol. The van der Waals surface area contributed by atoms with E-state index in [9.17, 15) is 18.4 Å². The molecule has 19 heavy (non-hydrogen) atoms. The highest BCUT2D eigenvalue weighted by atomic mass is 79.9. The minimum Gasteiger partial charge on any atom is -0.469 e. The third-order valence-electron chi connectivity index (χ3n) is 2.90. The minimum atomic E-state index is -1.06. The Morgan fingerprint density at radius 2 is 1.95 bits per heavy atom. The Bertz CT molecular complexity index is 550. The van der Waals surface area contributed by atoms with E-state index < -0.39 is 35.3 Å². The van der Waals surface area contributed by atoms with Crippen molar-refractivity contribution in [2.24, 2.45) is 11.8 Å². The smallest absolute Gasteiger partial charge is 0.309 e. The van der Waals surface area contributed by atoms with Gasteiger partial charge in [0.1, 0.15) is 0 Å². The summed E-state index contributed by atoms with van der Waals surface area (Å²) < 4.78 is 30.7. The third kappa shape index (κ3) is 2.91. The second kappa shape index (κ2) is 5.24. The molecular weight excluding hydrogens is 324 g/mol. The summed E-state index contributed by atoms with van der Waals surface area (Å²) in [6.45, 7) is 0. The number of hydrogen-bond donors (Lipinski definition) is 1. The molecule has 0 saturated heterocycles. The molecule has 7 heteroatoms. The van der Waals surface area contributed by atoms with Gasteiger partial charge in [-0.3, -0.25) is 9.59 Å². The lowest BCUT2D eigenvalue weighted by Gasteiger charge is -2.07. The number of hydrogen-bond acceptors (Lipinski definition) is 3. The molecule has 1 N–H and O–H groups in total. The van der Waals surface area contributed by atoms with Crippen molar-refractivity contribution in [2.45, 2.75) is 6.42 Å². The molecule has 0 radical (unpaired) electrons. The third-order valence-corrected chi connectivity index (χ3v) is 3.56. The van der Waals surface area contributed by atoms with Gasteiger partial charge in [-0.2, -0.15) is 0 Å². The Morgan fingerprint density at radius 3 is 2.58 bits per heavy atom. The minimum absolute atomic E-state index is 0.124. The number of methoxy groups -OCH3 is 1. The average Bonchev–Trinajstić information content (AvgIpc) is 3.15. The maximum atomic E-state index is 13.1. The highest BCUT2D eigenvalue weighted by Crippen LogP contribution is 2.40. The first-order valence-corrected chi connectivity index (χ1v) is 6.26. The Labute approximate surface area is 116 Å². The second-order valence-corrected chi connectivity index (χ2v) is 5.06. The van der Waals surface area contributed by atoms with Crippen LogP contribution in [-0.4, -0.2) is 19.0 Å². The Kier molecular flexibility index (Phi) is 3.84. The number of carbonyl (C=O) groups excluding carboxylic acids is 2. The van der Waals surface area contributed by atoms with Crippen LogP contribution in [-0.2, 0) is 14.3 Å². The van der Waals surface area contributed by atoms with Gasteiger partial charge < -0.3 is 10.1 Å². The molecule has 0 spiro atoms. The molecule has 1 saturated carbocycles. The average molecular weight is 334 g/mol. The predicted octanol–water partition coefficient (Wildman–Crippen LogP) is 2.47.